The van der Waals surface area contributed by atoms with Crippen molar-refractivity contribution < 1.29 is 4.79 Å². The van der Waals surface area contributed by atoms with E-state index in [0.29, 0.717) is 0 Å². The summed E-state index contributed by atoms with van der Waals surface area (Å²) in [4.78, 5) is 16.3. The number of nitrogens with one attached hydrogen (secondary N) is 1. The summed E-state index contributed by atoms with van der Waals surface area (Å²) in [7, 11) is 0. The molecule has 18 heavy (non-hydrogen) atoms. The number of aromatic nitrogens is 2. The Morgan fingerprint density at radius 3 is 2.83 bits per heavy atom. The van der Waals surface area contributed by atoms with Gasteiger partial charge in [-0.2, -0.15) is 0 Å². The number of nitrogens with zero attached hydrogens (tertiary/aromatic N) is 2. The SMILES string of the molecule is CC1(C)C(=O)Nc2ccccc2C1n1ccnc1. The van der Waals surface area contributed by atoms with Crippen LogP contribution >= 0.6 is 0 Å². The number of fused-ring (bicyclic) bond motifs is 1. The van der Waals surface area contributed by atoms with Crippen molar-refractivity contribution in [3.05, 3.63) is 48.5 Å². The molecule has 0 saturated heterocycles. The number of hydrogen-bond acceptors (Lipinski definition) is 2. The number of amides is 1. The number of imidazole rings is 1. The van der Waals surface area contributed by atoms with E-state index in [4.69, 9.17) is 0 Å². The van der Waals surface area contributed by atoms with Gasteiger partial charge < -0.3 is 9.88 Å². The molecule has 4 nitrogen and oxygen atoms in total. The summed E-state index contributed by atoms with van der Waals surface area (Å²) >= 11 is 0. The first-order chi connectivity index (χ1) is 8.60. The van der Waals surface area contributed by atoms with Gasteiger partial charge in [0.1, 0.15) is 0 Å². The van der Waals surface area contributed by atoms with Crippen LogP contribution in [0.5, 0.6) is 0 Å². The molecular weight excluding hydrogens is 226 g/mol. The molecule has 2 heterocycles. The van der Waals surface area contributed by atoms with Crippen LogP contribution in [0.15, 0.2) is 43.0 Å². The third-order valence-electron chi connectivity index (χ3n) is 3.60. The fourth-order valence-corrected chi connectivity index (χ4v) is 2.60. The van der Waals surface area contributed by atoms with Crippen LogP contribution < -0.4 is 5.32 Å². The average molecular weight is 241 g/mol. The maximum Gasteiger partial charge on any atom is 0.232 e. The second kappa shape index (κ2) is 3.70. The molecule has 2 aromatic rings. The number of rotatable bonds is 1. The van der Waals surface area contributed by atoms with Gasteiger partial charge in [-0.25, -0.2) is 4.98 Å². The van der Waals surface area contributed by atoms with Gasteiger partial charge >= 0.3 is 0 Å². The molecule has 0 bridgehead atoms. The van der Waals surface area contributed by atoms with Crippen LogP contribution in [0.4, 0.5) is 5.69 Å². The van der Waals surface area contributed by atoms with Crippen molar-refractivity contribution in [2.75, 3.05) is 5.32 Å². The van der Waals surface area contributed by atoms with E-state index in [2.05, 4.69) is 16.4 Å². The highest BCUT2D eigenvalue weighted by atomic mass is 16.2. The number of carbonyl (C=O) groups excluding carboxylic acids is 1. The van der Waals surface area contributed by atoms with Crippen molar-refractivity contribution in [3.8, 4) is 0 Å². The summed E-state index contributed by atoms with van der Waals surface area (Å²) in [5.74, 6) is 0.0416. The summed E-state index contributed by atoms with van der Waals surface area (Å²) in [6.45, 7) is 3.92. The maximum atomic E-state index is 12.2. The molecule has 1 amide bonds. The molecule has 0 radical (unpaired) electrons. The van der Waals surface area contributed by atoms with E-state index in [0.717, 1.165) is 11.3 Å². The molecule has 92 valence electrons. The normalized spacial score (nSPS) is 21.2. The van der Waals surface area contributed by atoms with E-state index in [1.807, 2.05) is 42.8 Å². The highest BCUT2D eigenvalue weighted by Gasteiger charge is 2.43. The minimum absolute atomic E-state index is 0.0232. The molecule has 1 atom stereocenters. The van der Waals surface area contributed by atoms with Gasteiger partial charge in [0.15, 0.2) is 0 Å². The highest BCUT2D eigenvalue weighted by molar-refractivity contribution is 5.98. The Kier molecular flexibility index (Phi) is 2.26. The molecule has 0 fully saturated rings. The van der Waals surface area contributed by atoms with Crippen molar-refractivity contribution in [1.82, 2.24) is 9.55 Å². The fraction of sp³-hybridized carbons (Fsp3) is 0.286. The molecule has 1 aromatic heterocycles. The van der Waals surface area contributed by atoms with Crippen LogP contribution in [0, 0.1) is 5.41 Å². The summed E-state index contributed by atoms with van der Waals surface area (Å²) < 4.78 is 2.00. The number of anilines is 1. The highest BCUT2D eigenvalue weighted by Crippen LogP contribution is 2.44. The lowest BCUT2D eigenvalue weighted by Gasteiger charge is -2.39. The van der Waals surface area contributed by atoms with Crippen molar-refractivity contribution in [1.29, 1.82) is 0 Å². The van der Waals surface area contributed by atoms with Crippen LogP contribution in [0.25, 0.3) is 0 Å². The van der Waals surface area contributed by atoms with E-state index in [1.54, 1.807) is 12.5 Å². The molecule has 1 aromatic carbocycles. The lowest BCUT2D eigenvalue weighted by atomic mass is 9.76. The van der Waals surface area contributed by atoms with Gasteiger partial charge in [0.2, 0.25) is 5.91 Å². The largest absolute Gasteiger partial charge is 0.329 e. The zero-order valence-corrected chi connectivity index (χ0v) is 10.4. The minimum Gasteiger partial charge on any atom is -0.329 e. The van der Waals surface area contributed by atoms with Crippen LogP contribution in [0.2, 0.25) is 0 Å². The Balaban J connectivity index is 2.22. The molecule has 1 N–H and O–H groups in total. The monoisotopic (exact) mass is 241 g/mol. The van der Waals surface area contributed by atoms with Crippen molar-refractivity contribution >= 4 is 11.6 Å². The average Bonchev–Trinajstić information content (AvgIpc) is 2.83. The van der Waals surface area contributed by atoms with Crippen LogP contribution in [-0.4, -0.2) is 15.5 Å². The lowest BCUT2D eigenvalue weighted by Crippen LogP contribution is -2.43. The van der Waals surface area contributed by atoms with Gasteiger partial charge in [-0.05, 0) is 25.5 Å². The van der Waals surface area contributed by atoms with Gasteiger partial charge in [-0.3, -0.25) is 4.79 Å². The summed E-state index contributed by atoms with van der Waals surface area (Å²) in [5, 5.41) is 2.97. The van der Waals surface area contributed by atoms with Crippen molar-refractivity contribution in [2.45, 2.75) is 19.9 Å². The van der Waals surface area contributed by atoms with Crippen LogP contribution in [0.3, 0.4) is 0 Å². The van der Waals surface area contributed by atoms with E-state index in [1.165, 1.54) is 0 Å². The third-order valence-corrected chi connectivity index (χ3v) is 3.60. The second-order valence-corrected chi connectivity index (χ2v) is 5.18. The van der Waals surface area contributed by atoms with Gasteiger partial charge in [0, 0.05) is 18.1 Å². The topological polar surface area (TPSA) is 46.9 Å². The molecule has 0 aliphatic carbocycles. The molecule has 0 spiro atoms. The van der Waals surface area contributed by atoms with Gasteiger partial charge in [-0.1, -0.05) is 18.2 Å². The maximum absolute atomic E-state index is 12.2. The lowest BCUT2D eigenvalue weighted by molar-refractivity contribution is -0.126. The minimum atomic E-state index is -0.505. The first-order valence-electron chi connectivity index (χ1n) is 5.98. The van der Waals surface area contributed by atoms with E-state index >= 15 is 0 Å². The van der Waals surface area contributed by atoms with E-state index in [-0.39, 0.29) is 11.9 Å². The molecular formula is C14H15N3O. The Hall–Kier alpha value is -2.10. The fourth-order valence-electron chi connectivity index (χ4n) is 2.60. The molecule has 0 saturated carbocycles. The molecule has 1 unspecified atom stereocenters. The molecule has 1 aliphatic rings. The standard InChI is InChI=1S/C14H15N3O/c1-14(2)12(17-8-7-15-9-17)10-5-3-4-6-11(10)16-13(14)18/h3-9,12H,1-2H3,(H,16,18). The summed E-state index contributed by atoms with van der Waals surface area (Å²) in [5.41, 5.74) is 1.51. The Morgan fingerprint density at radius 2 is 2.11 bits per heavy atom. The quantitative estimate of drug-likeness (QED) is 0.833. The van der Waals surface area contributed by atoms with Gasteiger partial charge in [0.05, 0.1) is 17.8 Å². The van der Waals surface area contributed by atoms with Gasteiger partial charge in [-0.15, -0.1) is 0 Å². The molecule has 4 heteroatoms. The van der Waals surface area contributed by atoms with Crippen LogP contribution in [0.1, 0.15) is 25.5 Å². The smallest absolute Gasteiger partial charge is 0.232 e. The van der Waals surface area contributed by atoms with E-state index in [9.17, 15) is 4.79 Å². The van der Waals surface area contributed by atoms with E-state index < -0.39 is 5.41 Å². The van der Waals surface area contributed by atoms with Crippen LogP contribution in [-0.2, 0) is 4.79 Å². The summed E-state index contributed by atoms with van der Waals surface area (Å²) in [6.07, 6.45) is 5.41. The number of carbonyl (C=O) groups is 1. The Morgan fingerprint density at radius 1 is 1.33 bits per heavy atom. The second-order valence-electron chi connectivity index (χ2n) is 5.18. The Bertz CT molecular complexity index is 587. The zero-order valence-electron chi connectivity index (χ0n) is 10.4. The summed E-state index contributed by atoms with van der Waals surface area (Å²) in [6, 6.07) is 7.90. The number of hydrogen-bond donors (Lipinski definition) is 1. The first-order valence-corrected chi connectivity index (χ1v) is 5.98. The van der Waals surface area contributed by atoms with Crippen molar-refractivity contribution in [3.63, 3.8) is 0 Å². The predicted molar refractivity (Wildman–Crippen MR) is 69.2 cm³/mol. The van der Waals surface area contributed by atoms with Crippen molar-refractivity contribution in [2.24, 2.45) is 5.41 Å². The molecule has 1 aliphatic heterocycles. The predicted octanol–water partition coefficient (Wildman–Crippen LogP) is 2.45. The Labute approximate surface area is 106 Å². The third kappa shape index (κ3) is 1.45. The van der Waals surface area contributed by atoms with Gasteiger partial charge in [0.25, 0.3) is 0 Å². The number of benzene rings is 1. The first kappa shape index (κ1) is 11.0. The molecule has 3 rings (SSSR count). The number of para-hydroxylation sites is 1. The zero-order chi connectivity index (χ0) is 12.8.